The molecule has 4 bridgehead atoms. The number of amides is 2. The topological polar surface area (TPSA) is 71.3 Å². The summed E-state index contributed by atoms with van der Waals surface area (Å²) in [6.07, 6.45) is 6.49. The largest absolute Gasteiger partial charge is 0.444 e. The Morgan fingerprint density at radius 2 is 1.64 bits per heavy atom. The first kappa shape index (κ1) is 18.0. The zero-order chi connectivity index (χ0) is 19.3. The summed E-state index contributed by atoms with van der Waals surface area (Å²) in [5, 5.41) is 6.11. The summed E-state index contributed by atoms with van der Waals surface area (Å²) in [5.74, 6) is 2.88. The van der Waals surface area contributed by atoms with E-state index in [0.717, 1.165) is 11.8 Å². The standard InChI is InChI=1S/C22H23BrN2O3/c23-19-5-4-18(28-19)22(27)24-17-3-1-2-14(11-17)21(26)25-20-15-7-12-6-13(9-15)10-16(20)8-12/h1-5,11-13,15-16,20H,6-10H2,(H,24,27)(H,25,26). The molecule has 0 atom stereocenters. The highest BCUT2D eigenvalue weighted by Gasteiger charge is 2.48. The van der Waals surface area contributed by atoms with Gasteiger partial charge in [-0.1, -0.05) is 6.07 Å². The Morgan fingerprint density at radius 3 is 2.29 bits per heavy atom. The molecule has 4 saturated carbocycles. The molecule has 0 spiro atoms. The molecule has 6 rings (SSSR count). The number of carbonyl (C=O) groups is 2. The fourth-order valence-corrected chi connectivity index (χ4v) is 6.07. The van der Waals surface area contributed by atoms with Gasteiger partial charge in [-0.3, -0.25) is 9.59 Å². The van der Waals surface area contributed by atoms with E-state index in [-0.39, 0.29) is 17.6 Å². The maximum absolute atomic E-state index is 12.9. The second-order valence-electron chi connectivity index (χ2n) is 8.57. The zero-order valence-corrected chi connectivity index (χ0v) is 17.1. The second-order valence-corrected chi connectivity index (χ2v) is 9.35. The quantitative estimate of drug-likeness (QED) is 0.710. The first-order chi connectivity index (χ1) is 13.5. The van der Waals surface area contributed by atoms with Gasteiger partial charge in [0.25, 0.3) is 11.8 Å². The Hall–Kier alpha value is -2.08. The van der Waals surface area contributed by atoms with Crippen LogP contribution >= 0.6 is 15.9 Å². The van der Waals surface area contributed by atoms with Crippen LogP contribution in [0.5, 0.6) is 0 Å². The molecule has 4 aliphatic carbocycles. The molecule has 2 amide bonds. The van der Waals surface area contributed by atoms with Gasteiger partial charge in [-0.2, -0.15) is 0 Å². The number of rotatable bonds is 4. The molecule has 4 aliphatic rings. The molecule has 28 heavy (non-hydrogen) atoms. The smallest absolute Gasteiger partial charge is 0.291 e. The van der Waals surface area contributed by atoms with Crippen molar-refractivity contribution in [2.75, 3.05) is 5.32 Å². The molecular weight excluding hydrogens is 420 g/mol. The molecule has 0 saturated heterocycles. The van der Waals surface area contributed by atoms with E-state index < -0.39 is 0 Å². The van der Waals surface area contributed by atoms with Gasteiger partial charge in [-0.05, 0) is 102 Å². The minimum atomic E-state index is -0.343. The molecule has 5 nitrogen and oxygen atoms in total. The van der Waals surface area contributed by atoms with E-state index in [2.05, 4.69) is 26.6 Å². The van der Waals surface area contributed by atoms with Crippen molar-refractivity contribution < 1.29 is 14.0 Å². The molecule has 0 aliphatic heterocycles. The van der Waals surface area contributed by atoms with E-state index in [0.29, 0.717) is 33.8 Å². The number of nitrogens with one attached hydrogen (secondary N) is 2. The van der Waals surface area contributed by atoms with Crippen LogP contribution in [0.3, 0.4) is 0 Å². The van der Waals surface area contributed by atoms with Crippen LogP contribution in [0.2, 0.25) is 0 Å². The molecule has 0 unspecified atom stereocenters. The Kier molecular flexibility index (Phi) is 4.54. The molecule has 146 valence electrons. The van der Waals surface area contributed by atoms with Crippen LogP contribution in [0.25, 0.3) is 0 Å². The first-order valence-corrected chi connectivity index (χ1v) is 10.8. The van der Waals surface area contributed by atoms with Crippen LogP contribution in [0.4, 0.5) is 5.69 Å². The summed E-state index contributed by atoms with van der Waals surface area (Å²) < 4.78 is 5.78. The summed E-state index contributed by atoms with van der Waals surface area (Å²) in [7, 11) is 0. The monoisotopic (exact) mass is 442 g/mol. The molecule has 1 aromatic carbocycles. The molecule has 2 N–H and O–H groups in total. The summed E-state index contributed by atoms with van der Waals surface area (Å²) in [5.41, 5.74) is 1.16. The third kappa shape index (κ3) is 3.39. The van der Waals surface area contributed by atoms with Gasteiger partial charge in [0.2, 0.25) is 0 Å². The third-order valence-electron chi connectivity index (χ3n) is 6.70. The molecule has 0 radical (unpaired) electrons. The zero-order valence-electron chi connectivity index (χ0n) is 15.5. The van der Waals surface area contributed by atoms with Crippen molar-refractivity contribution >= 4 is 33.4 Å². The van der Waals surface area contributed by atoms with Gasteiger partial charge in [-0.15, -0.1) is 0 Å². The number of furan rings is 1. The van der Waals surface area contributed by atoms with Gasteiger partial charge in [-0.25, -0.2) is 0 Å². The maximum atomic E-state index is 12.9. The lowest BCUT2D eigenvalue weighted by molar-refractivity contribution is -0.0119. The van der Waals surface area contributed by atoms with Crippen molar-refractivity contribution in [3.8, 4) is 0 Å². The van der Waals surface area contributed by atoms with Crippen LogP contribution in [-0.2, 0) is 0 Å². The van der Waals surface area contributed by atoms with E-state index in [1.165, 1.54) is 32.1 Å². The van der Waals surface area contributed by atoms with Gasteiger partial charge in [0.05, 0.1) is 0 Å². The highest BCUT2D eigenvalue weighted by molar-refractivity contribution is 9.10. The van der Waals surface area contributed by atoms with Crippen molar-refractivity contribution in [1.82, 2.24) is 5.32 Å². The second kappa shape index (κ2) is 7.07. The van der Waals surface area contributed by atoms with Crippen LogP contribution in [0.15, 0.2) is 45.5 Å². The number of hydrogen-bond acceptors (Lipinski definition) is 3. The lowest BCUT2D eigenvalue weighted by atomic mass is 9.54. The molecule has 1 aromatic heterocycles. The van der Waals surface area contributed by atoms with E-state index in [1.54, 1.807) is 36.4 Å². The summed E-state index contributed by atoms with van der Waals surface area (Å²) in [6.45, 7) is 0. The van der Waals surface area contributed by atoms with Gasteiger partial charge in [0.15, 0.2) is 10.4 Å². The normalized spacial score (nSPS) is 30.2. The van der Waals surface area contributed by atoms with Crippen LogP contribution < -0.4 is 10.6 Å². The van der Waals surface area contributed by atoms with Gasteiger partial charge in [0.1, 0.15) is 0 Å². The van der Waals surface area contributed by atoms with Crippen molar-refractivity contribution in [3.05, 3.63) is 52.4 Å². The molecule has 6 heteroatoms. The van der Waals surface area contributed by atoms with Crippen molar-refractivity contribution in [1.29, 1.82) is 0 Å². The molecular formula is C22H23BrN2O3. The minimum Gasteiger partial charge on any atom is -0.444 e. The predicted molar refractivity (Wildman–Crippen MR) is 109 cm³/mol. The van der Waals surface area contributed by atoms with E-state index in [4.69, 9.17) is 4.42 Å². The number of benzene rings is 1. The van der Waals surface area contributed by atoms with Gasteiger partial charge >= 0.3 is 0 Å². The minimum absolute atomic E-state index is 0.0469. The SMILES string of the molecule is O=C(NC1C2CC3CC(C2)CC1C3)c1cccc(NC(=O)c2ccc(Br)o2)c1. The maximum Gasteiger partial charge on any atom is 0.291 e. The van der Waals surface area contributed by atoms with Crippen LogP contribution in [0, 0.1) is 23.7 Å². The number of halogens is 1. The average Bonchev–Trinajstić information content (AvgIpc) is 3.11. The van der Waals surface area contributed by atoms with Gasteiger partial charge < -0.3 is 15.1 Å². The molecule has 4 fully saturated rings. The van der Waals surface area contributed by atoms with E-state index in [9.17, 15) is 9.59 Å². The predicted octanol–water partition coefficient (Wildman–Crippen LogP) is 4.85. The highest BCUT2D eigenvalue weighted by atomic mass is 79.9. The van der Waals surface area contributed by atoms with Crippen LogP contribution in [0.1, 0.15) is 53.0 Å². The Balaban J connectivity index is 1.27. The number of hydrogen-bond donors (Lipinski definition) is 2. The fraction of sp³-hybridized carbons (Fsp3) is 0.455. The summed E-state index contributed by atoms with van der Waals surface area (Å²) in [4.78, 5) is 25.2. The molecule has 2 aromatic rings. The average molecular weight is 443 g/mol. The Morgan fingerprint density at radius 1 is 0.929 bits per heavy atom. The lowest BCUT2D eigenvalue weighted by Crippen LogP contribution is -2.55. The summed E-state index contributed by atoms with van der Waals surface area (Å²) >= 11 is 3.19. The summed E-state index contributed by atoms with van der Waals surface area (Å²) in [6, 6.07) is 10.7. The van der Waals surface area contributed by atoms with E-state index >= 15 is 0 Å². The van der Waals surface area contributed by atoms with Crippen molar-refractivity contribution in [3.63, 3.8) is 0 Å². The Bertz CT molecular complexity index is 894. The van der Waals surface area contributed by atoms with E-state index in [1.807, 2.05) is 0 Å². The first-order valence-electron chi connectivity index (χ1n) is 10.0. The molecule has 1 heterocycles. The highest BCUT2D eigenvalue weighted by Crippen LogP contribution is 2.53. The van der Waals surface area contributed by atoms with Crippen LogP contribution in [-0.4, -0.2) is 17.9 Å². The lowest BCUT2D eigenvalue weighted by Gasteiger charge is -2.54. The number of carbonyl (C=O) groups excluding carboxylic acids is 2. The third-order valence-corrected chi connectivity index (χ3v) is 7.13. The number of anilines is 1. The Labute approximate surface area is 172 Å². The van der Waals surface area contributed by atoms with Gasteiger partial charge in [0, 0.05) is 17.3 Å². The van der Waals surface area contributed by atoms with Crippen molar-refractivity contribution in [2.45, 2.75) is 38.1 Å². The fourth-order valence-electron chi connectivity index (χ4n) is 5.76. The van der Waals surface area contributed by atoms with Crippen molar-refractivity contribution in [2.24, 2.45) is 23.7 Å².